The van der Waals surface area contributed by atoms with Gasteiger partial charge in [-0.2, -0.15) is 0 Å². The van der Waals surface area contributed by atoms with Crippen molar-refractivity contribution in [2.45, 2.75) is 0 Å². The molecule has 0 saturated heterocycles. The van der Waals surface area contributed by atoms with Gasteiger partial charge in [0.2, 0.25) is 0 Å². The van der Waals surface area contributed by atoms with Crippen molar-refractivity contribution in [3.8, 4) is 11.5 Å². The predicted molar refractivity (Wildman–Crippen MR) is 88.0 cm³/mol. The van der Waals surface area contributed by atoms with E-state index in [-0.39, 0.29) is 28.1 Å². The molecule has 2 aromatic carbocycles. The second-order valence-electron chi connectivity index (χ2n) is 5.08. The van der Waals surface area contributed by atoms with Crippen LogP contribution in [-0.4, -0.2) is 27.0 Å². The highest BCUT2D eigenvalue weighted by molar-refractivity contribution is 6.11. The number of anilines is 1. The summed E-state index contributed by atoms with van der Waals surface area (Å²) < 4.78 is 0. The lowest BCUT2D eigenvalue weighted by molar-refractivity contribution is 0.0990. The van der Waals surface area contributed by atoms with Crippen LogP contribution in [0.25, 0.3) is 10.8 Å². The first-order valence-electron chi connectivity index (χ1n) is 6.98. The number of aromatic hydroxyl groups is 2. The summed E-state index contributed by atoms with van der Waals surface area (Å²) in [5.74, 6) is -1.31. The van der Waals surface area contributed by atoms with E-state index in [1.54, 1.807) is 12.1 Å². The van der Waals surface area contributed by atoms with E-state index >= 15 is 0 Å². The summed E-state index contributed by atoms with van der Waals surface area (Å²) in [7, 11) is 0. The minimum atomic E-state index is -0.679. The smallest absolute Gasteiger partial charge is 0.267 e. The molecule has 2 amide bonds. The van der Waals surface area contributed by atoms with Crippen LogP contribution in [0.4, 0.5) is 5.69 Å². The van der Waals surface area contributed by atoms with Crippen LogP contribution in [0, 0.1) is 0 Å². The third-order valence-electron chi connectivity index (χ3n) is 3.52. The van der Waals surface area contributed by atoms with Crippen LogP contribution in [0.1, 0.15) is 20.8 Å². The highest BCUT2D eigenvalue weighted by Crippen LogP contribution is 2.36. The van der Waals surface area contributed by atoms with Gasteiger partial charge in [0.05, 0.1) is 10.9 Å². The first-order valence-corrected chi connectivity index (χ1v) is 6.98. The normalized spacial score (nSPS) is 10.5. The van der Waals surface area contributed by atoms with Crippen molar-refractivity contribution in [2.24, 2.45) is 5.73 Å². The van der Waals surface area contributed by atoms with E-state index in [0.717, 1.165) is 0 Å². The Bertz CT molecular complexity index is 944. The van der Waals surface area contributed by atoms with Crippen LogP contribution in [0.3, 0.4) is 0 Å². The number of primary amides is 1. The Morgan fingerprint density at radius 2 is 1.75 bits per heavy atom. The maximum absolute atomic E-state index is 12.3. The molecule has 7 heteroatoms. The van der Waals surface area contributed by atoms with Gasteiger partial charge in [-0.1, -0.05) is 12.1 Å². The summed E-state index contributed by atoms with van der Waals surface area (Å²) in [5.41, 5.74) is 5.82. The molecule has 7 nitrogen and oxygen atoms in total. The minimum Gasteiger partial charge on any atom is -0.507 e. The molecular weight excluding hydrogens is 310 g/mol. The van der Waals surface area contributed by atoms with Crippen molar-refractivity contribution in [3.05, 3.63) is 59.9 Å². The van der Waals surface area contributed by atoms with Crippen LogP contribution in [-0.2, 0) is 0 Å². The lowest BCUT2D eigenvalue weighted by Gasteiger charge is -2.11. The Kier molecular flexibility index (Phi) is 3.75. The molecule has 24 heavy (non-hydrogen) atoms. The Morgan fingerprint density at radius 3 is 2.42 bits per heavy atom. The zero-order valence-electron chi connectivity index (χ0n) is 12.4. The van der Waals surface area contributed by atoms with Gasteiger partial charge in [0.15, 0.2) is 0 Å². The van der Waals surface area contributed by atoms with Gasteiger partial charge in [0, 0.05) is 17.3 Å². The largest absolute Gasteiger partial charge is 0.507 e. The number of phenolic OH excluding ortho intramolecular Hbond substituents is 2. The molecule has 5 N–H and O–H groups in total. The molecule has 120 valence electrons. The van der Waals surface area contributed by atoms with Crippen molar-refractivity contribution >= 4 is 28.3 Å². The number of rotatable bonds is 3. The fraction of sp³-hybridized carbons (Fsp3) is 0. The standard InChI is InChI=1S/C17H13N3O4/c18-16(23)12-5-4-9(8-19-12)17(24)20-11-6-7-14(22)15-10(11)2-1-3-13(15)21/h1-8,21-22H,(H2,18,23)(H,20,24). The van der Waals surface area contributed by atoms with Gasteiger partial charge in [-0.3, -0.25) is 14.6 Å². The van der Waals surface area contributed by atoms with E-state index in [2.05, 4.69) is 10.3 Å². The maximum Gasteiger partial charge on any atom is 0.267 e. The number of carbonyl (C=O) groups excluding carboxylic acids is 2. The van der Waals surface area contributed by atoms with Crippen molar-refractivity contribution in [2.75, 3.05) is 5.32 Å². The van der Waals surface area contributed by atoms with Crippen molar-refractivity contribution in [1.29, 1.82) is 0 Å². The average Bonchev–Trinajstić information content (AvgIpc) is 2.57. The Labute approximate surface area is 136 Å². The van der Waals surface area contributed by atoms with E-state index in [1.165, 1.54) is 36.5 Å². The highest BCUT2D eigenvalue weighted by atomic mass is 16.3. The van der Waals surface area contributed by atoms with Gasteiger partial charge in [0.25, 0.3) is 11.8 Å². The van der Waals surface area contributed by atoms with Crippen molar-refractivity contribution < 1.29 is 19.8 Å². The molecule has 0 unspecified atom stereocenters. The third kappa shape index (κ3) is 2.70. The van der Waals surface area contributed by atoms with E-state index in [1.807, 2.05) is 0 Å². The van der Waals surface area contributed by atoms with Crippen LogP contribution >= 0.6 is 0 Å². The molecule has 0 aliphatic rings. The van der Waals surface area contributed by atoms with Gasteiger partial charge in [0.1, 0.15) is 17.2 Å². The fourth-order valence-electron chi connectivity index (χ4n) is 2.35. The quantitative estimate of drug-likeness (QED) is 0.548. The number of benzene rings is 2. The zero-order chi connectivity index (χ0) is 17.3. The number of nitrogens with two attached hydrogens (primary N) is 1. The second-order valence-corrected chi connectivity index (χ2v) is 5.08. The first kappa shape index (κ1) is 15.3. The van der Waals surface area contributed by atoms with Gasteiger partial charge in [-0.05, 0) is 30.3 Å². The molecule has 3 rings (SSSR count). The molecular formula is C17H13N3O4. The number of amides is 2. The highest BCUT2D eigenvalue weighted by Gasteiger charge is 2.13. The van der Waals surface area contributed by atoms with Crippen LogP contribution in [0.2, 0.25) is 0 Å². The minimum absolute atomic E-state index is 0.0616. The van der Waals surface area contributed by atoms with Crippen LogP contribution in [0.5, 0.6) is 11.5 Å². The summed E-state index contributed by atoms with van der Waals surface area (Å²) >= 11 is 0. The Morgan fingerprint density at radius 1 is 1.00 bits per heavy atom. The monoisotopic (exact) mass is 323 g/mol. The Balaban J connectivity index is 1.95. The molecule has 0 radical (unpaired) electrons. The number of pyridine rings is 1. The molecule has 0 fully saturated rings. The number of hydrogen-bond donors (Lipinski definition) is 4. The summed E-state index contributed by atoms with van der Waals surface area (Å²) in [5, 5.41) is 23.2. The van der Waals surface area contributed by atoms with Gasteiger partial charge < -0.3 is 21.3 Å². The van der Waals surface area contributed by atoms with E-state index in [4.69, 9.17) is 5.73 Å². The molecule has 0 spiro atoms. The zero-order valence-corrected chi connectivity index (χ0v) is 12.4. The van der Waals surface area contributed by atoms with Gasteiger partial charge in [-0.25, -0.2) is 0 Å². The third-order valence-corrected chi connectivity index (χ3v) is 3.52. The maximum atomic E-state index is 12.3. The number of nitrogens with one attached hydrogen (secondary N) is 1. The van der Waals surface area contributed by atoms with Crippen molar-refractivity contribution in [3.63, 3.8) is 0 Å². The number of carbonyl (C=O) groups is 2. The second kappa shape index (κ2) is 5.88. The molecule has 0 atom stereocenters. The van der Waals surface area contributed by atoms with Crippen LogP contribution < -0.4 is 11.1 Å². The number of aromatic nitrogens is 1. The van der Waals surface area contributed by atoms with E-state index in [9.17, 15) is 19.8 Å². The molecule has 3 aromatic rings. The first-order chi connectivity index (χ1) is 11.5. The predicted octanol–water partition coefficient (Wildman–Crippen LogP) is 2.00. The number of nitrogens with zero attached hydrogens (tertiary/aromatic N) is 1. The SMILES string of the molecule is NC(=O)c1ccc(C(=O)Nc2ccc(O)c3c(O)cccc23)cn1. The molecule has 0 saturated carbocycles. The summed E-state index contributed by atoms with van der Waals surface area (Å²) in [6, 6.07) is 10.4. The lowest BCUT2D eigenvalue weighted by atomic mass is 10.1. The number of fused-ring (bicyclic) bond motifs is 1. The lowest BCUT2D eigenvalue weighted by Crippen LogP contribution is -2.16. The molecule has 0 bridgehead atoms. The van der Waals surface area contributed by atoms with E-state index < -0.39 is 11.8 Å². The Hall–Kier alpha value is -3.61. The average molecular weight is 323 g/mol. The topological polar surface area (TPSA) is 126 Å². The van der Waals surface area contributed by atoms with Gasteiger partial charge >= 0.3 is 0 Å². The number of hydrogen-bond acceptors (Lipinski definition) is 5. The summed E-state index contributed by atoms with van der Waals surface area (Å²) in [6.07, 6.45) is 1.25. The van der Waals surface area contributed by atoms with Gasteiger partial charge in [-0.15, -0.1) is 0 Å². The fourth-order valence-corrected chi connectivity index (χ4v) is 2.35. The van der Waals surface area contributed by atoms with Crippen LogP contribution in [0.15, 0.2) is 48.7 Å². The molecule has 1 heterocycles. The summed E-state index contributed by atoms with van der Waals surface area (Å²) in [6.45, 7) is 0. The molecule has 1 aromatic heterocycles. The summed E-state index contributed by atoms with van der Waals surface area (Å²) in [4.78, 5) is 27.1. The number of phenols is 2. The van der Waals surface area contributed by atoms with Crippen molar-refractivity contribution in [1.82, 2.24) is 4.98 Å². The molecule has 0 aliphatic carbocycles. The molecule has 0 aliphatic heterocycles. The van der Waals surface area contributed by atoms with E-state index in [0.29, 0.717) is 11.1 Å².